The average molecular weight is 213 g/mol. The van der Waals surface area contributed by atoms with Gasteiger partial charge < -0.3 is 5.11 Å². The summed E-state index contributed by atoms with van der Waals surface area (Å²) in [7, 11) is 0. The van der Waals surface area contributed by atoms with Crippen LogP contribution in [0.5, 0.6) is 0 Å². The maximum atomic E-state index is 11.0. The Kier molecular flexibility index (Phi) is 3.53. The number of aliphatic carboxylic acids is 1. The molecular weight excluding hydrogens is 200 g/mol. The summed E-state index contributed by atoms with van der Waals surface area (Å²) in [6, 6.07) is 5.44. The van der Waals surface area contributed by atoms with Crippen LogP contribution in [-0.4, -0.2) is 11.1 Å². The summed E-state index contributed by atoms with van der Waals surface area (Å²) < 4.78 is 0. The quantitative estimate of drug-likeness (QED) is 0.835. The zero-order valence-corrected chi connectivity index (χ0v) is 9.01. The number of carboxylic acid groups (broad SMARTS) is 1. The van der Waals surface area contributed by atoms with Gasteiger partial charge in [0.15, 0.2) is 0 Å². The van der Waals surface area contributed by atoms with Crippen molar-refractivity contribution in [1.29, 1.82) is 0 Å². The van der Waals surface area contributed by atoms with Crippen LogP contribution < -0.4 is 0 Å². The van der Waals surface area contributed by atoms with Crippen molar-refractivity contribution in [3.63, 3.8) is 0 Å². The van der Waals surface area contributed by atoms with E-state index < -0.39 is 11.9 Å². The molecule has 0 radical (unpaired) electrons. The summed E-state index contributed by atoms with van der Waals surface area (Å²) >= 11 is 5.98. The van der Waals surface area contributed by atoms with E-state index in [1.54, 1.807) is 6.07 Å². The minimum absolute atomic E-state index is 0.497. The van der Waals surface area contributed by atoms with Crippen molar-refractivity contribution in [3.05, 3.63) is 34.3 Å². The first-order valence-electron chi connectivity index (χ1n) is 4.55. The predicted octanol–water partition coefficient (Wildman–Crippen LogP) is 3.23. The van der Waals surface area contributed by atoms with Gasteiger partial charge in [-0.3, -0.25) is 4.79 Å². The van der Waals surface area contributed by atoms with Gasteiger partial charge in [0.25, 0.3) is 0 Å². The standard InChI is InChI=1S/C11H13ClO2/c1-3-8(11(13)14)10-7(2)5-4-6-9(10)12/h4-6,8H,3H2,1-2H3,(H,13,14). The Hall–Kier alpha value is -1.02. The molecule has 1 aromatic rings. The zero-order valence-electron chi connectivity index (χ0n) is 8.25. The lowest BCUT2D eigenvalue weighted by atomic mass is 9.93. The van der Waals surface area contributed by atoms with Crippen LogP contribution in [-0.2, 0) is 4.79 Å². The molecule has 0 aromatic heterocycles. The van der Waals surface area contributed by atoms with E-state index in [9.17, 15) is 4.79 Å². The first-order valence-corrected chi connectivity index (χ1v) is 4.93. The number of rotatable bonds is 3. The van der Waals surface area contributed by atoms with Crippen LogP contribution in [0.3, 0.4) is 0 Å². The number of hydrogen-bond donors (Lipinski definition) is 1. The Balaban J connectivity index is 3.22. The highest BCUT2D eigenvalue weighted by atomic mass is 35.5. The molecular formula is C11H13ClO2. The number of halogens is 1. The van der Waals surface area contributed by atoms with Crippen LogP contribution in [0.4, 0.5) is 0 Å². The summed E-state index contributed by atoms with van der Waals surface area (Å²) in [6.07, 6.45) is 0.555. The first kappa shape index (κ1) is 11.1. The fourth-order valence-corrected chi connectivity index (χ4v) is 1.94. The molecule has 14 heavy (non-hydrogen) atoms. The topological polar surface area (TPSA) is 37.3 Å². The van der Waals surface area contributed by atoms with Crippen LogP contribution in [0.1, 0.15) is 30.4 Å². The summed E-state index contributed by atoms with van der Waals surface area (Å²) in [5.41, 5.74) is 1.68. The van der Waals surface area contributed by atoms with E-state index in [1.165, 1.54) is 0 Å². The van der Waals surface area contributed by atoms with Crippen molar-refractivity contribution < 1.29 is 9.90 Å². The predicted molar refractivity (Wildman–Crippen MR) is 56.9 cm³/mol. The molecule has 1 unspecified atom stereocenters. The third-order valence-corrected chi connectivity index (χ3v) is 2.66. The second-order valence-electron chi connectivity index (χ2n) is 3.27. The van der Waals surface area contributed by atoms with E-state index in [1.807, 2.05) is 26.0 Å². The highest BCUT2D eigenvalue weighted by Gasteiger charge is 2.21. The van der Waals surface area contributed by atoms with Crippen molar-refractivity contribution in [2.45, 2.75) is 26.2 Å². The molecule has 1 rings (SSSR count). The monoisotopic (exact) mass is 212 g/mol. The van der Waals surface area contributed by atoms with Crippen molar-refractivity contribution >= 4 is 17.6 Å². The van der Waals surface area contributed by atoms with Gasteiger partial charge in [0.05, 0.1) is 5.92 Å². The van der Waals surface area contributed by atoms with Gasteiger partial charge in [0, 0.05) is 5.02 Å². The lowest BCUT2D eigenvalue weighted by Gasteiger charge is -2.14. The molecule has 0 saturated heterocycles. The Morgan fingerprint density at radius 2 is 2.21 bits per heavy atom. The fourth-order valence-electron chi connectivity index (χ4n) is 1.59. The second kappa shape index (κ2) is 4.47. The Labute approximate surface area is 88.5 Å². The maximum absolute atomic E-state index is 11.0. The van der Waals surface area contributed by atoms with Gasteiger partial charge >= 0.3 is 5.97 Å². The SMILES string of the molecule is CCC(C(=O)O)c1c(C)cccc1Cl. The van der Waals surface area contributed by atoms with Crippen LogP contribution in [0, 0.1) is 6.92 Å². The highest BCUT2D eigenvalue weighted by Crippen LogP contribution is 2.30. The van der Waals surface area contributed by atoms with Crippen molar-refractivity contribution in [1.82, 2.24) is 0 Å². The van der Waals surface area contributed by atoms with E-state index in [0.29, 0.717) is 11.4 Å². The third-order valence-electron chi connectivity index (χ3n) is 2.33. The average Bonchev–Trinajstić information content (AvgIpc) is 2.10. The van der Waals surface area contributed by atoms with Gasteiger partial charge in [0.2, 0.25) is 0 Å². The van der Waals surface area contributed by atoms with E-state index in [0.717, 1.165) is 11.1 Å². The number of carboxylic acids is 1. The summed E-state index contributed by atoms with van der Waals surface area (Å²) in [5, 5.41) is 9.56. The van der Waals surface area contributed by atoms with Gasteiger partial charge in [0.1, 0.15) is 0 Å². The van der Waals surface area contributed by atoms with Gasteiger partial charge in [-0.15, -0.1) is 0 Å². The zero-order chi connectivity index (χ0) is 10.7. The molecule has 2 nitrogen and oxygen atoms in total. The molecule has 0 saturated carbocycles. The number of aryl methyl sites for hydroxylation is 1. The molecule has 0 bridgehead atoms. The molecule has 3 heteroatoms. The Morgan fingerprint density at radius 3 is 2.64 bits per heavy atom. The van der Waals surface area contributed by atoms with Crippen LogP contribution >= 0.6 is 11.6 Å². The minimum Gasteiger partial charge on any atom is -0.481 e. The van der Waals surface area contributed by atoms with Crippen LogP contribution in [0.2, 0.25) is 5.02 Å². The van der Waals surface area contributed by atoms with Crippen molar-refractivity contribution in [2.75, 3.05) is 0 Å². The fraction of sp³-hybridized carbons (Fsp3) is 0.364. The first-order chi connectivity index (χ1) is 6.57. The van der Waals surface area contributed by atoms with Gasteiger partial charge in [-0.1, -0.05) is 30.7 Å². The minimum atomic E-state index is -0.816. The van der Waals surface area contributed by atoms with E-state index in [-0.39, 0.29) is 0 Å². The third kappa shape index (κ3) is 2.07. The molecule has 76 valence electrons. The molecule has 0 fully saturated rings. The maximum Gasteiger partial charge on any atom is 0.311 e. The summed E-state index contributed by atoms with van der Waals surface area (Å²) in [6.45, 7) is 3.73. The number of hydrogen-bond acceptors (Lipinski definition) is 1. The number of benzene rings is 1. The van der Waals surface area contributed by atoms with Gasteiger partial charge in [-0.2, -0.15) is 0 Å². The van der Waals surface area contributed by atoms with Crippen molar-refractivity contribution in [3.8, 4) is 0 Å². The molecule has 1 N–H and O–H groups in total. The van der Waals surface area contributed by atoms with E-state index in [4.69, 9.17) is 16.7 Å². The van der Waals surface area contributed by atoms with Crippen LogP contribution in [0.25, 0.3) is 0 Å². The number of carbonyl (C=O) groups is 1. The molecule has 1 aromatic carbocycles. The molecule has 0 aliphatic carbocycles. The molecule has 1 atom stereocenters. The van der Waals surface area contributed by atoms with Gasteiger partial charge in [-0.05, 0) is 30.5 Å². The highest BCUT2D eigenvalue weighted by molar-refractivity contribution is 6.31. The summed E-state index contributed by atoms with van der Waals surface area (Å²) in [4.78, 5) is 11.0. The Morgan fingerprint density at radius 1 is 1.57 bits per heavy atom. The normalized spacial score (nSPS) is 12.5. The summed E-state index contributed by atoms with van der Waals surface area (Å²) in [5.74, 6) is -1.31. The lowest BCUT2D eigenvalue weighted by molar-refractivity contribution is -0.138. The van der Waals surface area contributed by atoms with Crippen molar-refractivity contribution in [2.24, 2.45) is 0 Å². The van der Waals surface area contributed by atoms with E-state index in [2.05, 4.69) is 0 Å². The van der Waals surface area contributed by atoms with E-state index >= 15 is 0 Å². The van der Waals surface area contributed by atoms with Crippen LogP contribution in [0.15, 0.2) is 18.2 Å². The van der Waals surface area contributed by atoms with Gasteiger partial charge in [-0.25, -0.2) is 0 Å². The Bertz CT molecular complexity index is 327. The molecule has 0 heterocycles. The molecule has 0 aliphatic heterocycles. The molecule has 0 spiro atoms. The lowest BCUT2D eigenvalue weighted by Crippen LogP contribution is -2.12. The largest absolute Gasteiger partial charge is 0.481 e. The smallest absolute Gasteiger partial charge is 0.311 e. The molecule has 0 amide bonds. The second-order valence-corrected chi connectivity index (χ2v) is 3.68. The molecule has 0 aliphatic rings.